The molecule has 1 aliphatic heterocycles. The van der Waals surface area contributed by atoms with Crippen molar-refractivity contribution in [1.82, 2.24) is 10.3 Å². The molecule has 1 fully saturated rings. The number of urea groups is 1. The molecule has 0 atom stereocenters. The topological polar surface area (TPSA) is 58.4 Å². The van der Waals surface area contributed by atoms with Crippen molar-refractivity contribution < 1.29 is 4.79 Å². The third kappa shape index (κ3) is 1.02. The Morgan fingerprint density at radius 3 is 2.78 bits per heavy atom. The van der Waals surface area contributed by atoms with Crippen LogP contribution in [0.1, 0.15) is 6.92 Å². The average Bonchev–Trinajstić information content (AvgIpc) is 2.13. The Hall–Kier alpha value is -1.03. The molecule has 0 aromatic heterocycles. The number of amides is 2. The number of allylic oxidation sites excluding steroid dienone is 1. The van der Waals surface area contributed by atoms with Gasteiger partial charge in [-0.05, 0) is 6.92 Å². The van der Waals surface area contributed by atoms with Crippen LogP contribution in [0.2, 0.25) is 0 Å². The second kappa shape index (κ2) is 2.06. The maximum Gasteiger partial charge on any atom is 0.336 e. The van der Waals surface area contributed by atoms with Crippen molar-refractivity contribution in [3.05, 3.63) is 11.8 Å². The molecule has 4 heteroatoms. The molecular formula is C5H9N3O. The van der Waals surface area contributed by atoms with E-state index >= 15 is 0 Å². The molecule has 0 saturated carbocycles. The van der Waals surface area contributed by atoms with Crippen molar-refractivity contribution in [3.8, 4) is 0 Å². The van der Waals surface area contributed by atoms with Crippen molar-refractivity contribution in [2.24, 2.45) is 5.84 Å². The summed E-state index contributed by atoms with van der Waals surface area (Å²) < 4.78 is 0. The van der Waals surface area contributed by atoms with Gasteiger partial charge in [0.05, 0.1) is 6.54 Å². The van der Waals surface area contributed by atoms with Gasteiger partial charge in [0.25, 0.3) is 0 Å². The van der Waals surface area contributed by atoms with E-state index in [1.807, 2.05) is 13.0 Å². The van der Waals surface area contributed by atoms with Crippen molar-refractivity contribution in [1.29, 1.82) is 0 Å². The Morgan fingerprint density at radius 2 is 2.56 bits per heavy atom. The first-order valence-electron chi connectivity index (χ1n) is 2.72. The van der Waals surface area contributed by atoms with E-state index in [2.05, 4.69) is 5.32 Å². The average molecular weight is 127 g/mol. The second-order valence-corrected chi connectivity index (χ2v) is 1.87. The Bertz CT molecular complexity index is 164. The van der Waals surface area contributed by atoms with Crippen LogP contribution in [0.25, 0.3) is 0 Å². The highest BCUT2D eigenvalue weighted by atomic mass is 16.2. The molecular weight excluding hydrogens is 118 g/mol. The lowest BCUT2D eigenvalue weighted by Gasteiger charge is -2.00. The number of carbonyl (C=O) groups excluding carboxylic acids is 1. The SMILES string of the molecule is C/C=C1\CN(N)C(=O)N1. The van der Waals surface area contributed by atoms with Crippen LogP contribution in [-0.2, 0) is 0 Å². The fourth-order valence-electron chi connectivity index (χ4n) is 0.667. The van der Waals surface area contributed by atoms with Gasteiger partial charge in [-0.25, -0.2) is 10.6 Å². The Balaban J connectivity index is 2.65. The number of carbonyl (C=O) groups is 1. The van der Waals surface area contributed by atoms with Crippen LogP contribution in [0.3, 0.4) is 0 Å². The largest absolute Gasteiger partial charge is 0.336 e. The Morgan fingerprint density at radius 1 is 1.89 bits per heavy atom. The summed E-state index contributed by atoms with van der Waals surface area (Å²) in [4.78, 5) is 10.6. The normalized spacial score (nSPS) is 23.1. The molecule has 0 aliphatic carbocycles. The zero-order chi connectivity index (χ0) is 6.85. The number of hydrazine groups is 1. The minimum atomic E-state index is -0.233. The van der Waals surface area contributed by atoms with Crippen molar-refractivity contribution in [2.45, 2.75) is 6.92 Å². The minimum Gasteiger partial charge on any atom is -0.309 e. The lowest BCUT2D eigenvalue weighted by molar-refractivity contribution is 0.218. The van der Waals surface area contributed by atoms with E-state index in [4.69, 9.17) is 5.84 Å². The van der Waals surface area contributed by atoms with Gasteiger partial charge in [-0.3, -0.25) is 5.01 Å². The van der Waals surface area contributed by atoms with Gasteiger partial charge in [-0.1, -0.05) is 6.08 Å². The second-order valence-electron chi connectivity index (χ2n) is 1.87. The summed E-state index contributed by atoms with van der Waals surface area (Å²) in [6.07, 6.45) is 1.82. The van der Waals surface area contributed by atoms with Gasteiger partial charge in [0.2, 0.25) is 0 Å². The summed E-state index contributed by atoms with van der Waals surface area (Å²) >= 11 is 0. The highest BCUT2D eigenvalue weighted by Gasteiger charge is 2.19. The predicted octanol–water partition coefficient (Wildman–Crippen LogP) is -0.211. The van der Waals surface area contributed by atoms with Crippen LogP contribution >= 0.6 is 0 Å². The monoisotopic (exact) mass is 127 g/mol. The van der Waals surface area contributed by atoms with Crippen LogP contribution < -0.4 is 11.2 Å². The highest BCUT2D eigenvalue weighted by Crippen LogP contribution is 2.00. The van der Waals surface area contributed by atoms with Crippen LogP contribution in [0.4, 0.5) is 4.79 Å². The molecule has 50 valence electrons. The first kappa shape index (κ1) is 6.10. The van der Waals surface area contributed by atoms with Gasteiger partial charge in [-0.2, -0.15) is 0 Å². The number of nitrogens with two attached hydrogens (primary N) is 1. The number of hydrogen-bond acceptors (Lipinski definition) is 2. The van der Waals surface area contributed by atoms with Crippen LogP contribution in [0.15, 0.2) is 11.8 Å². The van der Waals surface area contributed by atoms with E-state index in [9.17, 15) is 4.79 Å². The van der Waals surface area contributed by atoms with E-state index in [-0.39, 0.29) is 6.03 Å². The molecule has 4 nitrogen and oxygen atoms in total. The van der Waals surface area contributed by atoms with Gasteiger partial charge in [0.1, 0.15) is 0 Å². The molecule has 0 aromatic rings. The summed E-state index contributed by atoms with van der Waals surface area (Å²) in [7, 11) is 0. The van der Waals surface area contributed by atoms with Crippen LogP contribution in [0.5, 0.6) is 0 Å². The third-order valence-corrected chi connectivity index (χ3v) is 1.22. The standard InChI is InChI=1S/C5H9N3O/c1-2-4-3-8(6)5(9)7-4/h2H,3,6H2,1H3,(H,7,9)/b4-2+. The molecule has 0 bridgehead atoms. The molecule has 3 N–H and O–H groups in total. The minimum absolute atomic E-state index is 0.233. The Labute approximate surface area is 53.3 Å². The van der Waals surface area contributed by atoms with Crippen LogP contribution in [-0.4, -0.2) is 17.6 Å². The summed E-state index contributed by atoms with van der Waals surface area (Å²) in [6.45, 7) is 2.35. The smallest absolute Gasteiger partial charge is 0.309 e. The van der Waals surface area contributed by atoms with Crippen molar-refractivity contribution >= 4 is 6.03 Å². The van der Waals surface area contributed by atoms with Gasteiger partial charge >= 0.3 is 6.03 Å². The number of rotatable bonds is 0. The van der Waals surface area contributed by atoms with Gasteiger partial charge < -0.3 is 5.32 Å². The molecule has 1 heterocycles. The summed E-state index contributed by atoms with van der Waals surface area (Å²) in [5.74, 6) is 5.22. The van der Waals surface area contributed by atoms with Crippen molar-refractivity contribution in [3.63, 3.8) is 0 Å². The fraction of sp³-hybridized carbons (Fsp3) is 0.400. The molecule has 1 rings (SSSR count). The van der Waals surface area contributed by atoms with E-state index in [1.165, 1.54) is 0 Å². The van der Waals surface area contributed by atoms with E-state index in [0.717, 1.165) is 10.7 Å². The first-order chi connectivity index (χ1) is 4.24. The molecule has 0 radical (unpaired) electrons. The summed E-state index contributed by atoms with van der Waals surface area (Å²) in [6, 6.07) is -0.233. The number of hydrogen-bond donors (Lipinski definition) is 2. The number of nitrogens with zero attached hydrogens (tertiary/aromatic N) is 1. The van der Waals surface area contributed by atoms with Crippen molar-refractivity contribution in [2.75, 3.05) is 6.54 Å². The van der Waals surface area contributed by atoms with Gasteiger partial charge in [0, 0.05) is 5.70 Å². The summed E-state index contributed by atoms with van der Waals surface area (Å²) in [5.41, 5.74) is 0.863. The lowest BCUT2D eigenvalue weighted by atomic mass is 10.4. The van der Waals surface area contributed by atoms with E-state index in [0.29, 0.717) is 6.54 Å². The number of nitrogens with one attached hydrogen (secondary N) is 1. The fourth-order valence-corrected chi connectivity index (χ4v) is 0.667. The highest BCUT2D eigenvalue weighted by molar-refractivity contribution is 5.78. The molecule has 0 unspecified atom stereocenters. The van der Waals surface area contributed by atoms with Crippen LogP contribution in [0, 0.1) is 0 Å². The zero-order valence-electron chi connectivity index (χ0n) is 5.22. The predicted molar refractivity (Wildman–Crippen MR) is 33.2 cm³/mol. The maximum atomic E-state index is 10.6. The molecule has 0 spiro atoms. The van der Waals surface area contributed by atoms with Gasteiger partial charge in [-0.15, -0.1) is 0 Å². The molecule has 9 heavy (non-hydrogen) atoms. The molecule has 2 amide bonds. The van der Waals surface area contributed by atoms with Gasteiger partial charge in [0.15, 0.2) is 0 Å². The summed E-state index contributed by atoms with van der Waals surface area (Å²) in [5, 5.41) is 3.71. The van der Waals surface area contributed by atoms with E-state index in [1.54, 1.807) is 0 Å². The third-order valence-electron chi connectivity index (χ3n) is 1.22. The maximum absolute atomic E-state index is 10.6. The molecule has 0 aromatic carbocycles. The first-order valence-corrected chi connectivity index (χ1v) is 2.72. The molecule has 1 saturated heterocycles. The lowest BCUT2D eigenvalue weighted by Crippen LogP contribution is -2.34. The quantitative estimate of drug-likeness (QED) is 0.349. The Kier molecular flexibility index (Phi) is 1.40. The zero-order valence-corrected chi connectivity index (χ0v) is 5.22. The molecule has 1 aliphatic rings. The van der Waals surface area contributed by atoms with E-state index < -0.39 is 0 Å².